The number of nitriles is 1. The van der Waals surface area contributed by atoms with Crippen LogP contribution in [0.5, 0.6) is 0 Å². The van der Waals surface area contributed by atoms with Crippen LogP contribution in [0.2, 0.25) is 0 Å². The van der Waals surface area contributed by atoms with Gasteiger partial charge in [-0.25, -0.2) is 0 Å². The van der Waals surface area contributed by atoms with Gasteiger partial charge >= 0.3 is 0 Å². The number of nitrogens with zero attached hydrogens (tertiary/aromatic N) is 3. The smallest absolute Gasteiger partial charge is 0.0866 e. The van der Waals surface area contributed by atoms with Crippen molar-refractivity contribution in [1.82, 2.24) is 9.80 Å². The highest BCUT2D eigenvalue weighted by Crippen LogP contribution is 2.19. The summed E-state index contributed by atoms with van der Waals surface area (Å²) in [6.45, 7) is 13.0. The average molecular weight is 209 g/mol. The molecule has 0 spiro atoms. The largest absolute Gasteiger partial charge is 0.301 e. The Labute approximate surface area is 93.7 Å². The standard InChI is InChI=1S/C12H23N3/c1-12(2,3)4-6-14-8-10-15(7-5-13)11-9-14/h4,6-11H2,1-3H3. The van der Waals surface area contributed by atoms with Crippen LogP contribution >= 0.6 is 0 Å². The van der Waals surface area contributed by atoms with Crippen LogP contribution < -0.4 is 0 Å². The number of hydrogen-bond donors (Lipinski definition) is 0. The molecule has 0 saturated carbocycles. The zero-order valence-corrected chi connectivity index (χ0v) is 10.3. The average Bonchev–Trinajstić information content (AvgIpc) is 2.16. The van der Waals surface area contributed by atoms with E-state index in [0.717, 1.165) is 26.2 Å². The molecule has 0 bridgehead atoms. The summed E-state index contributed by atoms with van der Waals surface area (Å²) in [6, 6.07) is 2.22. The molecule has 0 aromatic rings. The summed E-state index contributed by atoms with van der Waals surface area (Å²) in [5.41, 5.74) is 0.434. The first-order valence-corrected chi connectivity index (χ1v) is 5.83. The van der Waals surface area contributed by atoms with Crippen molar-refractivity contribution in [3.8, 4) is 6.07 Å². The highest BCUT2D eigenvalue weighted by atomic mass is 15.3. The Hall–Kier alpha value is -0.590. The van der Waals surface area contributed by atoms with Crippen molar-refractivity contribution < 1.29 is 0 Å². The molecule has 0 unspecified atom stereocenters. The van der Waals surface area contributed by atoms with Gasteiger partial charge in [-0.1, -0.05) is 20.8 Å². The minimum absolute atomic E-state index is 0.434. The molecule has 3 nitrogen and oxygen atoms in total. The predicted octanol–water partition coefficient (Wildman–Crippen LogP) is 1.56. The summed E-state index contributed by atoms with van der Waals surface area (Å²) in [4.78, 5) is 4.74. The summed E-state index contributed by atoms with van der Waals surface area (Å²) in [5, 5.41) is 8.59. The summed E-state index contributed by atoms with van der Waals surface area (Å²) in [6.07, 6.45) is 1.26. The molecule has 86 valence electrons. The highest BCUT2D eigenvalue weighted by Gasteiger charge is 2.18. The Morgan fingerprint density at radius 3 is 2.07 bits per heavy atom. The summed E-state index contributed by atoms with van der Waals surface area (Å²) in [7, 11) is 0. The molecule has 1 rings (SSSR count). The van der Waals surface area contributed by atoms with Crippen molar-refractivity contribution in [1.29, 1.82) is 5.26 Å². The molecule has 1 aliphatic rings. The molecule has 1 fully saturated rings. The minimum atomic E-state index is 0.434. The van der Waals surface area contributed by atoms with Gasteiger partial charge in [0.25, 0.3) is 0 Å². The zero-order valence-electron chi connectivity index (χ0n) is 10.3. The van der Waals surface area contributed by atoms with E-state index in [1.54, 1.807) is 0 Å². The van der Waals surface area contributed by atoms with E-state index in [1.165, 1.54) is 13.0 Å². The first-order valence-electron chi connectivity index (χ1n) is 5.83. The van der Waals surface area contributed by atoms with Gasteiger partial charge in [0.15, 0.2) is 0 Å². The van der Waals surface area contributed by atoms with Gasteiger partial charge in [-0.05, 0) is 18.4 Å². The Kier molecular flexibility index (Phi) is 4.56. The third kappa shape index (κ3) is 5.15. The Morgan fingerprint density at radius 2 is 1.60 bits per heavy atom. The molecular formula is C12H23N3. The third-order valence-electron chi connectivity index (χ3n) is 2.94. The van der Waals surface area contributed by atoms with Crippen LogP contribution in [-0.2, 0) is 0 Å². The van der Waals surface area contributed by atoms with Gasteiger partial charge in [0.05, 0.1) is 12.6 Å². The van der Waals surface area contributed by atoms with E-state index in [9.17, 15) is 0 Å². The molecule has 0 atom stereocenters. The predicted molar refractivity (Wildman–Crippen MR) is 62.6 cm³/mol. The molecule has 0 aliphatic carbocycles. The lowest BCUT2D eigenvalue weighted by atomic mass is 9.92. The SMILES string of the molecule is CC(C)(C)CCN1CCN(CC#N)CC1. The van der Waals surface area contributed by atoms with Crippen molar-refractivity contribution in [2.45, 2.75) is 27.2 Å². The van der Waals surface area contributed by atoms with Crippen LogP contribution in [0.3, 0.4) is 0 Å². The van der Waals surface area contributed by atoms with Crippen LogP contribution in [0.4, 0.5) is 0 Å². The monoisotopic (exact) mass is 209 g/mol. The van der Waals surface area contributed by atoms with Gasteiger partial charge in [-0.2, -0.15) is 5.26 Å². The van der Waals surface area contributed by atoms with Crippen LogP contribution in [0, 0.1) is 16.7 Å². The molecule has 1 saturated heterocycles. The van der Waals surface area contributed by atoms with Gasteiger partial charge in [0.2, 0.25) is 0 Å². The summed E-state index contributed by atoms with van der Waals surface area (Å²) in [5.74, 6) is 0. The third-order valence-corrected chi connectivity index (χ3v) is 2.94. The second-order valence-corrected chi connectivity index (χ2v) is 5.59. The minimum Gasteiger partial charge on any atom is -0.301 e. The molecule has 0 aromatic heterocycles. The second-order valence-electron chi connectivity index (χ2n) is 5.59. The van der Waals surface area contributed by atoms with Gasteiger partial charge in [-0.15, -0.1) is 0 Å². The molecule has 0 aromatic carbocycles. The fourth-order valence-electron chi connectivity index (χ4n) is 1.76. The maximum Gasteiger partial charge on any atom is 0.0866 e. The van der Waals surface area contributed by atoms with E-state index < -0.39 is 0 Å². The van der Waals surface area contributed by atoms with Crippen molar-refractivity contribution >= 4 is 0 Å². The number of hydrogen-bond acceptors (Lipinski definition) is 3. The quantitative estimate of drug-likeness (QED) is 0.661. The van der Waals surface area contributed by atoms with E-state index >= 15 is 0 Å². The lowest BCUT2D eigenvalue weighted by Crippen LogP contribution is -2.46. The molecule has 1 aliphatic heterocycles. The van der Waals surface area contributed by atoms with Crippen molar-refractivity contribution in [2.75, 3.05) is 39.3 Å². The molecule has 0 radical (unpaired) electrons. The molecule has 15 heavy (non-hydrogen) atoms. The van der Waals surface area contributed by atoms with Gasteiger partial charge in [-0.3, -0.25) is 4.90 Å². The summed E-state index contributed by atoms with van der Waals surface area (Å²) >= 11 is 0. The molecule has 0 amide bonds. The highest BCUT2D eigenvalue weighted by molar-refractivity contribution is 4.81. The number of rotatable bonds is 3. The van der Waals surface area contributed by atoms with Crippen LogP contribution in [0.15, 0.2) is 0 Å². The number of piperazine rings is 1. The topological polar surface area (TPSA) is 30.3 Å². The van der Waals surface area contributed by atoms with Crippen molar-refractivity contribution in [2.24, 2.45) is 5.41 Å². The lowest BCUT2D eigenvalue weighted by molar-refractivity contribution is 0.131. The Morgan fingerprint density at radius 1 is 1.07 bits per heavy atom. The maximum atomic E-state index is 8.59. The Balaban J connectivity index is 2.18. The zero-order chi connectivity index (χ0) is 11.3. The van der Waals surface area contributed by atoms with Crippen LogP contribution in [0.1, 0.15) is 27.2 Å². The van der Waals surface area contributed by atoms with E-state index in [4.69, 9.17) is 5.26 Å². The van der Waals surface area contributed by atoms with E-state index in [1.807, 2.05) is 0 Å². The molecule has 3 heteroatoms. The van der Waals surface area contributed by atoms with Crippen molar-refractivity contribution in [3.63, 3.8) is 0 Å². The lowest BCUT2D eigenvalue weighted by Gasteiger charge is -2.34. The van der Waals surface area contributed by atoms with Gasteiger partial charge in [0, 0.05) is 26.2 Å². The molecule has 0 N–H and O–H groups in total. The van der Waals surface area contributed by atoms with Crippen LogP contribution in [-0.4, -0.2) is 49.1 Å². The van der Waals surface area contributed by atoms with Gasteiger partial charge in [0.1, 0.15) is 0 Å². The first-order chi connectivity index (χ1) is 7.01. The summed E-state index contributed by atoms with van der Waals surface area (Å²) < 4.78 is 0. The van der Waals surface area contributed by atoms with E-state index in [-0.39, 0.29) is 0 Å². The fourth-order valence-corrected chi connectivity index (χ4v) is 1.76. The van der Waals surface area contributed by atoms with Crippen LogP contribution in [0.25, 0.3) is 0 Å². The van der Waals surface area contributed by atoms with E-state index in [0.29, 0.717) is 12.0 Å². The molecule has 1 heterocycles. The first kappa shape index (κ1) is 12.5. The Bertz CT molecular complexity index is 216. The fraction of sp³-hybridized carbons (Fsp3) is 0.917. The maximum absolute atomic E-state index is 8.59. The van der Waals surface area contributed by atoms with Gasteiger partial charge < -0.3 is 4.90 Å². The van der Waals surface area contributed by atoms with Crippen molar-refractivity contribution in [3.05, 3.63) is 0 Å². The molecular weight excluding hydrogens is 186 g/mol. The van der Waals surface area contributed by atoms with E-state index in [2.05, 4.69) is 36.6 Å². The normalized spacial score (nSPS) is 20.1. The second kappa shape index (κ2) is 5.48.